The van der Waals surface area contributed by atoms with Crippen LogP contribution < -0.4 is 22.1 Å². The second kappa shape index (κ2) is 4.08. The summed E-state index contributed by atoms with van der Waals surface area (Å²) in [7, 11) is 0. The number of pyridine rings is 1. The second-order valence-corrected chi connectivity index (χ2v) is 2.39. The van der Waals surface area contributed by atoms with E-state index in [2.05, 4.69) is 15.6 Å². The van der Waals surface area contributed by atoms with Crippen molar-refractivity contribution in [2.45, 2.75) is 0 Å². The van der Waals surface area contributed by atoms with Crippen molar-refractivity contribution in [3.05, 3.63) is 18.2 Å². The van der Waals surface area contributed by atoms with Gasteiger partial charge in [-0.05, 0) is 12.1 Å². The maximum Gasteiger partial charge on any atom is 0.317 e. The van der Waals surface area contributed by atoms with Gasteiger partial charge in [-0.15, -0.1) is 0 Å². The fourth-order valence-electron chi connectivity index (χ4n) is 0.826. The molecule has 0 bridgehead atoms. The van der Waals surface area contributed by atoms with Gasteiger partial charge < -0.3 is 11.5 Å². The van der Waals surface area contributed by atoms with Crippen molar-refractivity contribution in [3.8, 4) is 0 Å². The summed E-state index contributed by atoms with van der Waals surface area (Å²) in [5.41, 5.74) is 9.75. The third-order valence-electron chi connectivity index (χ3n) is 1.25. The van der Waals surface area contributed by atoms with Gasteiger partial charge in [-0.25, -0.2) is 14.6 Å². The van der Waals surface area contributed by atoms with Crippen molar-refractivity contribution in [2.24, 2.45) is 11.5 Å². The number of primary amides is 2. The number of nitrogens with two attached hydrogens (primary N) is 2. The minimum absolute atomic E-state index is 0.240. The number of anilines is 2. The van der Waals surface area contributed by atoms with Crippen molar-refractivity contribution >= 4 is 23.7 Å². The minimum Gasteiger partial charge on any atom is -0.351 e. The zero-order valence-corrected chi connectivity index (χ0v) is 7.15. The van der Waals surface area contributed by atoms with Crippen LogP contribution in [0.2, 0.25) is 0 Å². The van der Waals surface area contributed by atoms with E-state index in [1.807, 2.05) is 0 Å². The summed E-state index contributed by atoms with van der Waals surface area (Å²) in [5.74, 6) is 0.479. The van der Waals surface area contributed by atoms with E-state index in [0.717, 1.165) is 0 Å². The molecule has 7 heteroatoms. The standard InChI is InChI=1S/C7H9N5O2/c8-6(13)11-4-2-1-3-5(10-4)12-7(9)14/h1-3H,(H6,8,9,10,11,12,13,14). The van der Waals surface area contributed by atoms with E-state index in [1.54, 1.807) is 6.07 Å². The van der Waals surface area contributed by atoms with E-state index in [1.165, 1.54) is 12.1 Å². The number of rotatable bonds is 2. The zero-order valence-electron chi connectivity index (χ0n) is 7.15. The Balaban J connectivity index is 2.78. The molecule has 1 aromatic rings. The molecule has 0 spiro atoms. The predicted molar refractivity (Wildman–Crippen MR) is 50.6 cm³/mol. The van der Waals surface area contributed by atoms with Crippen LogP contribution >= 0.6 is 0 Å². The van der Waals surface area contributed by atoms with Crippen LogP contribution in [0.1, 0.15) is 0 Å². The highest BCUT2D eigenvalue weighted by atomic mass is 16.2. The first kappa shape index (κ1) is 9.78. The van der Waals surface area contributed by atoms with Crippen LogP contribution in [0.4, 0.5) is 21.2 Å². The van der Waals surface area contributed by atoms with Crippen LogP contribution in [0.5, 0.6) is 0 Å². The first-order valence-electron chi connectivity index (χ1n) is 3.68. The molecule has 0 aliphatic carbocycles. The van der Waals surface area contributed by atoms with Gasteiger partial charge in [0.1, 0.15) is 11.6 Å². The second-order valence-electron chi connectivity index (χ2n) is 2.39. The lowest BCUT2D eigenvalue weighted by Crippen LogP contribution is -2.22. The Morgan fingerprint density at radius 2 is 1.50 bits per heavy atom. The number of carbonyl (C=O) groups excluding carboxylic acids is 2. The molecule has 1 aromatic heterocycles. The summed E-state index contributed by atoms with van der Waals surface area (Å²) >= 11 is 0. The Morgan fingerprint density at radius 3 is 1.86 bits per heavy atom. The number of urea groups is 2. The first-order chi connectivity index (χ1) is 6.58. The van der Waals surface area contributed by atoms with Crippen LogP contribution in [0.3, 0.4) is 0 Å². The summed E-state index contributed by atoms with van der Waals surface area (Å²) in [6, 6.07) is 3.18. The largest absolute Gasteiger partial charge is 0.351 e. The molecule has 0 atom stereocenters. The topological polar surface area (TPSA) is 123 Å². The molecule has 7 nitrogen and oxygen atoms in total. The van der Waals surface area contributed by atoms with Crippen LogP contribution in [-0.2, 0) is 0 Å². The van der Waals surface area contributed by atoms with Gasteiger partial charge in [-0.2, -0.15) is 0 Å². The van der Waals surface area contributed by atoms with E-state index in [9.17, 15) is 9.59 Å². The molecule has 1 rings (SSSR count). The molecule has 0 radical (unpaired) electrons. The van der Waals surface area contributed by atoms with Gasteiger partial charge in [0, 0.05) is 0 Å². The number of amides is 4. The van der Waals surface area contributed by atoms with E-state index in [-0.39, 0.29) is 11.6 Å². The number of nitrogens with zero attached hydrogens (tertiary/aromatic N) is 1. The van der Waals surface area contributed by atoms with Crippen molar-refractivity contribution < 1.29 is 9.59 Å². The van der Waals surface area contributed by atoms with Crippen molar-refractivity contribution in [2.75, 3.05) is 10.6 Å². The van der Waals surface area contributed by atoms with Gasteiger partial charge >= 0.3 is 12.1 Å². The highest BCUT2D eigenvalue weighted by Gasteiger charge is 2.00. The molecular weight excluding hydrogens is 186 g/mol. The zero-order chi connectivity index (χ0) is 10.6. The molecule has 14 heavy (non-hydrogen) atoms. The number of nitrogens with one attached hydrogen (secondary N) is 2. The maximum absolute atomic E-state index is 10.5. The van der Waals surface area contributed by atoms with Crippen LogP contribution in [-0.4, -0.2) is 17.0 Å². The third kappa shape index (κ3) is 2.97. The monoisotopic (exact) mass is 195 g/mol. The maximum atomic E-state index is 10.5. The van der Waals surface area contributed by atoms with E-state index >= 15 is 0 Å². The van der Waals surface area contributed by atoms with Crippen molar-refractivity contribution in [1.29, 1.82) is 0 Å². The van der Waals surface area contributed by atoms with E-state index in [4.69, 9.17) is 11.5 Å². The lowest BCUT2D eigenvalue weighted by atomic mass is 10.4. The third-order valence-corrected chi connectivity index (χ3v) is 1.25. The first-order valence-corrected chi connectivity index (χ1v) is 3.68. The Labute approximate surface area is 79.5 Å². The Kier molecular flexibility index (Phi) is 2.85. The van der Waals surface area contributed by atoms with E-state index < -0.39 is 12.1 Å². The Morgan fingerprint density at radius 1 is 1.07 bits per heavy atom. The number of hydrogen-bond acceptors (Lipinski definition) is 3. The lowest BCUT2D eigenvalue weighted by molar-refractivity contribution is 0.258. The summed E-state index contributed by atoms with van der Waals surface area (Å²) in [4.78, 5) is 24.8. The molecule has 4 amide bonds. The highest BCUT2D eigenvalue weighted by molar-refractivity contribution is 5.89. The normalized spacial score (nSPS) is 9.14. The van der Waals surface area contributed by atoms with Crippen LogP contribution in [0.15, 0.2) is 18.2 Å². The Hall–Kier alpha value is -2.31. The molecule has 6 N–H and O–H groups in total. The smallest absolute Gasteiger partial charge is 0.317 e. The van der Waals surface area contributed by atoms with Crippen molar-refractivity contribution in [3.63, 3.8) is 0 Å². The van der Waals surface area contributed by atoms with Gasteiger partial charge in [0.15, 0.2) is 0 Å². The number of aromatic nitrogens is 1. The van der Waals surface area contributed by atoms with Crippen LogP contribution in [0, 0.1) is 0 Å². The Bertz CT molecular complexity index is 334. The van der Waals surface area contributed by atoms with Crippen molar-refractivity contribution in [1.82, 2.24) is 4.98 Å². The van der Waals surface area contributed by atoms with Crippen LogP contribution in [0.25, 0.3) is 0 Å². The molecule has 0 aliphatic rings. The van der Waals surface area contributed by atoms with Gasteiger partial charge in [-0.1, -0.05) is 6.07 Å². The fraction of sp³-hybridized carbons (Fsp3) is 0. The molecule has 0 fully saturated rings. The number of carbonyl (C=O) groups is 2. The summed E-state index contributed by atoms with van der Waals surface area (Å²) < 4.78 is 0. The quantitative estimate of drug-likeness (QED) is 0.533. The molecule has 1 heterocycles. The SMILES string of the molecule is NC(=O)Nc1cccc(NC(N)=O)n1. The molecular formula is C7H9N5O2. The molecule has 0 saturated heterocycles. The van der Waals surface area contributed by atoms with Gasteiger partial charge in [-0.3, -0.25) is 10.6 Å². The van der Waals surface area contributed by atoms with Gasteiger partial charge in [0.25, 0.3) is 0 Å². The van der Waals surface area contributed by atoms with E-state index in [0.29, 0.717) is 0 Å². The predicted octanol–water partition coefficient (Wildman–Crippen LogP) is 0.0628. The highest BCUT2D eigenvalue weighted by Crippen LogP contribution is 2.08. The molecule has 74 valence electrons. The average molecular weight is 195 g/mol. The number of hydrogen-bond donors (Lipinski definition) is 4. The minimum atomic E-state index is -0.728. The lowest BCUT2D eigenvalue weighted by Gasteiger charge is -2.03. The summed E-state index contributed by atoms with van der Waals surface area (Å²) in [6.45, 7) is 0. The summed E-state index contributed by atoms with van der Waals surface area (Å²) in [6.07, 6.45) is 0. The van der Waals surface area contributed by atoms with Gasteiger partial charge in [0.05, 0.1) is 0 Å². The fourth-order valence-corrected chi connectivity index (χ4v) is 0.826. The average Bonchev–Trinajstić information content (AvgIpc) is 2.01. The summed E-state index contributed by atoms with van der Waals surface area (Å²) in [5, 5.41) is 4.51. The molecule has 0 unspecified atom stereocenters. The molecule has 0 aromatic carbocycles. The molecule has 0 saturated carbocycles. The molecule has 0 aliphatic heterocycles. The van der Waals surface area contributed by atoms with Gasteiger partial charge in [0.2, 0.25) is 0 Å².